The van der Waals surface area contributed by atoms with Gasteiger partial charge < -0.3 is 10.1 Å². The average Bonchev–Trinajstić information content (AvgIpc) is 3.17. The lowest BCUT2D eigenvalue weighted by molar-refractivity contribution is 0.136. The van der Waals surface area contributed by atoms with Gasteiger partial charge in [0.15, 0.2) is 0 Å². The Kier molecular flexibility index (Phi) is 4.61. The summed E-state index contributed by atoms with van der Waals surface area (Å²) in [5, 5.41) is 2.95. The molecule has 0 heterocycles. The zero-order chi connectivity index (χ0) is 14.4. The predicted octanol–water partition coefficient (Wildman–Crippen LogP) is 3.82. The lowest BCUT2D eigenvalue weighted by Gasteiger charge is -2.15. The number of ether oxygens (including phenoxy) is 1. The summed E-state index contributed by atoms with van der Waals surface area (Å²) in [7, 11) is 0. The van der Waals surface area contributed by atoms with Gasteiger partial charge in [0.2, 0.25) is 0 Å². The van der Waals surface area contributed by atoms with Gasteiger partial charge >= 0.3 is 6.09 Å². The molecule has 3 heteroatoms. The van der Waals surface area contributed by atoms with Crippen molar-refractivity contribution in [2.75, 3.05) is 0 Å². The summed E-state index contributed by atoms with van der Waals surface area (Å²) in [5.41, 5.74) is 0.697. The molecular weight excluding hydrogens is 250 g/mol. The third-order valence-corrected chi connectivity index (χ3v) is 3.54. The van der Waals surface area contributed by atoms with Gasteiger partial charge in [-0.25, -0.2) is 4.79 Å². The quantitative estimate of drug-likeness (QED) is 0.799. The highest BCUT2D eigenvalue weighted by molar-refractivity contribution is 5.70. The monoisotopic (exact) mass is 271 g/mol. The van der Waals surface area contributed by atoms with Crippen LogP contribution in [0.5, 0.6) is 0 Å². The summed E-state index contributed by atoms with van der Waals surface area (Å²) < 4.78 is 5.26. The molecule has 1 N–H and O–H groups in total. The molecule has 1 aromatic carbocycles. The molecule has 1 saturated carbocycles. The van der Waals surface area contributed by atoms with Crippen LogP contribution in [0.4, 0.5) is 4.79 Å². The summed E-state index contributed by atoms with van der Waals surface area (Å²) in [6.07, 6.45) is 7.49. The number of hydrogen-bond acceptors (Lipinski definition) is 2. The van der Waals surface area contributed by atoms with E-state index in [0.29, 0.717) is 12.5 Å². The molecule has 1 aliphatic rings. The first kappa shape index (κ1) is 14.4. The van der Waals surface area contributed by atoms with Gasteiger partial charge in [0.05, 0.1) is 5.54 Å². The standard InChI is InChI=1S/C17H21NO2/c1-3-5-11-17(12-15(17)4-2)18-16(19)20-13-14-9-7-6-8-10-14/h4-11,15H,2-3,12-13H2,1H3,(H,18,19). The average molecular weight is 271 g/mol. The van der Waals surface area contributed by atoms with Crippen molar-refractivity contribution in [1.29, 1.82) is 0 Å². The molecule has 0 aliphatic heterocycles. The minimum atomic E-state index is -0.376. The topological polar surface area (TPSA) is 38.3 Å². The molecule has 1 aliphatic carbocycles. The molecule has 2 rings (SSSR count). The van der Waals surface area contributed by atoms with Crippen molar-refractivity contribution in [2.24, 2.45) is 5.92 Å². The lowest BCUT2D eigenvalue weighted by Crippen LogP contribution is -2.37. The van der Waals surface area contributed by atoms with Gasteiger partial charge in [-0.15, -0.1) is 6.58 Å². The molecule has 3 nitrogen and oxygen atoms in total. The molecule has 1 amide bonds. The van der Waals surface area contributed by atoms with E-state index < -0.39 is 0 Å². The van der Waals surface area contributed by atoms with Crippen molar-refractivity contribution in [2.45, 2.75) is 31.9 Å². The maximum Gasteiger partial charge on any atom is 0.408 e. The predicted molar refractivity (Wildman–Crippen MR) is 80.2 cm³/mol. The van der Waals surface area contributed by atoms with E-state index in [9.17, 15) is 4.79 Å². The van der Waals surface area contributed by atoms with Crippen LogP contribution in [-0.2, 0) is 11.3 Å². The van der Waals surface area contributed by atoms with Crippen LogP contribution in [0.3, 0.4) is 0 Å². The number of nitrogens with one attached hydrogen (secondary N) is 1. The second-order valence-electron chi connectivity index (χ2n) is 5.08. The Hall–Kier alpha value is -2.03. The van der Waals surface area contributed by atoms with Crippen molar-refractivity contribution in [3.63, 3.8) is 0 Å². The summed E-state index contributed by atoms with van der Waals surface area (Å²) in [6, 6.07) is 9.66. The molecule has 2 atom stereocenters. The van der Waals surface area contributed by atoms with Crippen LogP contribution < -0.4 is 5.32 Å². The van der Waals surface area contributed by atoms with Gasteiger partial charge in [-0.05, 0) is 18.4 Å². The number of allylic oxidation sites excluding steroid dienone is 1. The van der Waals surface area contributed by atoms with Gasteiger partial charge in [-0.2, -0.15) is 0 Å². The first-order valence-corrected chi connectivity index (χ1v) is 6.99. The molecule has 1 fully saturated rings. The highest BCUT2D eigenvalue weighted by Gasteiger charge is 2.51. The van der Waals surface area contributed by atoms with Crippen molar-refractivity contribution < 1.29 is 9.53 Å². The first-order chi connectivity index (χ1) is 9.70. The van der Waals surface area contributed by atoms with Crippen molar-refractivity contribution in [1.82, 2.24) is 5.32 Å². The van der Waals surface area contributed by atoms with E-state index >= 15 is 0 Å². The first-order valence-electron chi connectivity index (χ1n) is 6.99. The lowest BCUT2D eigenvalue weighted by atomic mass is 10.1. The minimum Gasteiger partial charge on any atom is -0.445 e. The Balaban J connectivity index is 1.87. The zero-order valence-electron chi connectivity index (χ0n) is 11.8. The van der Waals surface area contributed by atoms with Crippen molar-refractivity contribution >= 4 is 6.09 Å². The van der Waals surface area contributed by atoms with Crippen LogP contribution in [0, 0.1) is 5.92 Å². The SMILES string of the molecule is C=CC1CC1(C=CCC)NC(=O)OCc1ccccc1. The Bertz CT molecular complexity index is 495. The van der Waals surface area contributed by atoms with E-state index in [1.807, 2.05) is 36.4 Å². The highest BCUT2D eigenvalue weighted by atomic mass is 16.5. The van der Waals surface area contributed by atoms with Crippen LogP contribution in [0.1, 0.15) is 25.3 Å². The second-order valence-corrected chi connectivity index (χ2v) is 5.08. The third kappa shape index (κ3) is 3.50. The van der Waals surface area contributed by atoms with Crippen LogP contribution >= 0.6 is 0 Å². The van der Waals surface area contributed by atoms with Crippen LogP contribution in [-0.4, -0.2) is 11.6 Å². The number of hydrogen-bond donors (Lipinski definition) is 1. The Morgan fingerprint density at radius 3 is 2.85 bits per heavy atom. The number of alkyl carbamates (subject to hydrolysis) is 1. The van der Waals surface area contributed by atoms with E-state index in [0.717, 1.165) is 18.4 Å². The summed E-state index contributed by atoms with van der Waals surface area (Å²) in [4.78, 5) is 11.9. The summed E-state index contributed by atoms with van der Waals surface area (Å²) in [5.74, 6) is 0.301. The second kappa shape index (κ2) is 6.42. The summed E-state index contributed by atoms with van der Waals surface area (Å²) >= 11 is 0. The van der Waals surface area contributed by atoms with Crippen molar-refractivity contribution in [3.05, 3.63) is 60.7 Å². The van der Waals surface area contributed by atoms with Gasteiger partial charge in [0, 0.05) is 5.92 Å². The number of carbonyl (C=O) groups excluding carboxylic acids is 1. The van der Waals surface area contributed by atoms with Crippen LogP contribution in [0.2, 0.25) is 0 Å². The Labute approximate surface area is 120 Å². The third-order valence-electron chi connectivity index (χ3n) is 3.54. The molecule has 0 aromatic heterocycles. The van der Waals surface area contributed by atoms with Gasteiger partial charge in [0.25, 0.3) is 0 Å². The van der Waals surface area contributed by atoms with E-state index in [-0.39, 0.29) is 11.6 Å². The maximum atomic E-state index is 11.9. The Morgan fingerprint density at radius 2 is 2.25 bits per heavy atom. The molecule has 0 bridgehead atoms. The molecule has 20 heavy (non-hydrogen) atoms. The Morgan fingerprint density at radius 1 is 1.50 bits per heavy atom. The van der Waals surface area contributed by atoms with Crippen LogP contribution in [0.25, 0.3) is 0 Å². The number of amides is 1. The molecule has 2 unspecified atom stereocenters. The van der Waals surface area contributed by atoms with E-state index in [2.05, 4.69) is 31.0 Å². The van der Waals surface area contributed by atoms with Crippen LogP contribution in [0.15, 0.2) is 55.1 Å². The fourth-order valence-electron chi connectivity index (χ4n) is 2.25. The van der Waals surface area contributed by atoms with Gasteiger partial charge in [0.1, 0.15) is 6.61 Å². The van der Waals surface area contributed by atoms with Crippen molar-refractivity contribution in [3.8, 4) is 0 Å². The molecule has 106 valence electrons. The fraction of sp³-hybridized carbons (Fsp3) is 0.353. The number of rotatable bonds is 6. The molecule has 0 saturated heterocycles. The highest BCUT2D eigenvalue weighted by Crippen LogP contribution is 2.45. The van der Waals surface area contributed by atoms with E-state index in [4.69, 9.17) is 4.74 Å². The molecule has 0 radical (unpaired) electrons. The van der Waals surface area contributed by atoms with E-state index in [1.165, 1.54) is 0 Å². The summed E-state index contributed by atoms with van der Waals surface area (Å²) in [6.45, 7) is 6.16. The van der Waals surface area contributed by atoms with Gasteiger partial charge in [-0.1, -0.05) is 55.5 Å². The molecule has 1 aromatic rings. The minimum absolute atomic E-state index is 0.286. The number of benzene rings is 1. The fourth-order valence-corrected chi connectivity index (χ4v) is 2.25. The number of carbonyl (C=O) groups is 1. The molecular formula is C17H21NO2. The van der Waals surface area contributed by atoms with E-state index in [1.54, 1.807) is 0 Å². The normalized spacial score (nSPS) is 24.4. The maximum absolute atomic E-state index is 11.9. The van der Waals surface area contributed by atoms with Gasteiger partial charge in [-0.3, -0.25) is 0 Å². The zero-order valence-corrected chi connectivity index (χ0v) is 11.8. The largest absolute Gasteiger partial charge is 0.445 e. The molecule has 0 spiro atoms. The smallest absolute Gasteiger partial charge is 0.408 e.